The number of hydrogen-bond acceptors (Lipinski definition) is 3. The predicted octanol–water partition coefficient (Wildman–Crippen LogP) is 1.86. The summed E-state index contributed by atoms with van der Waals surface area (Å²) in [5.41, 5.74) is 0.0611. The van der Waals surface area contributed by atoms with Crippen LogP contribution in [0, 0.1) is 0 Å². The van der Waals surface area contributed by atoms with Gasteiger partial charge in [-0.05, 0) is 50.6 Å². The van der Waals surface area contributed by atoms with Gasteiger partial charge in [-0.2, -0.15) is 4.31 Å². The Kier molecular flexibility index (Phi) is 5.77. The highest BCUT2D eigenvalue weighted by molar-refractivity contribution is 7.89. The summed E-state index contributed by atoms with van der Waals surface area (Å²) in [4.78, 5) is 12.8. The number of fused-ring (bicyclic) bond motifs is 1. The lowest BCUT2D eigenvalue weighted by Gasteiger charge is -2.43. The van der Waals surface area contributed by atoms with Crippen LogP contribution in [0.3, 0.4) is 0 Å². The molecule has 0 spiro atoms. The number of benzene rings is 2. The fourth-order valence-corrected chi connectivity index (χ4v) is 5.85. The second-order valence-electron chi connectivity index (χ2n) is 9.56. The van der Waals surface area contributed by atoms with Gasteiger partial charge in [0.05, 0.1) is 22.5 Å². The van der Waals surface area contributed by atoms with E-state index in [4.69, 9.17) is 0 Å². The minimum Gasteiger partial charge on any atom is -0.352 e. The first-order chi connectivity index (χ1) is 13.4. The van der Waals surface area contributed by atoms with Crippen molar-refractivity contribution in [3.05, 3.63) is 42.5 Å². The van der Waals surface area contributed by atoms with Gasteiger partial charge < -0.3 is 10.6 Å². The summed E-state index contributed by atoms with van der Waals surface area (Å²) in [6, 6.07) is 12.7. The molecule has 0 aromatic heterocycles. The van der Waals surface area contributed by atoms with E-state index in [-0.39, 0.29) is 34.5 Å². The summed E-state index contributed by atoms with van der Waals surface area (Å²) >= 11 is 0. The number of carbonyl (C=O) groups excluding carboxylic acids is 1. The summed E-state index contributed by atoms with van der Waals surface area (Å²) in [7, 11) is -2.29. The third kappa shape index (κ3) is 5.15. The van der Waals surface area contributed by atoms with Gasteiger partial charge in [0.2, 0.25) is 15.9 Å². The van der Waals surface area contributed by atoms with Gasteiger partial charge >= 0.3 is 0 Å². The van der Waals surface area contributed by atoms with Gasteiger partial charge in [0, 0.05) is 25.9 Å². The quantitative estimate of drug-likeness (QED) is 0.777. The lowest BCUT2D eigenvalue weighted by molar-refractivity contribution is -0.787. The summed E-state index contributed by atoms with van der Waals surface area (Å²) in [6.45, 7) is 8.48. The molecule has 0 bridgehead atoms. The minimum atomic E-state index is -3.75. The number of quaternary nitrogens is 1. The second kappa shape index (κ2) is 7.70. The molecular formula is C22H32N3O3S+. The Morgan fingerprint density at radius 2 is 1.66 bits per heavy atom. The van der Waals surface area contributed by atoms with Crippen molar-refractivity contribution < 1.29 is 18.5 Å². The van der Waals surface area contributed by atoms with Crippen LogP contribution >= 0.6 is 0 Å². The van der Waals surface area contributed by atoms with Gasteiger partial charge in [-0.15, -0.1) is 0 Å². The predicted molar refractivity (Wildman–Crippen MR) is 115 cm³/mol. The van der Waals surface area contributed by atoms with E-state index in [2.05, 4.69) is 38.3 Å². The maximum atomic E-state index is 13.0. The third-order valence-electron chi connectivity index (χ3n) is 5.49. The molecule has 2 aromatic carbocycles. The smallest absolute Gasteiger partial charge is 0.243 e. The number of piperidine rings is 1. The average Bonchev–Trinajstić information content (AvgIpc) is 2.58. The number of carbonyl (C=O) groups is 1. The topological polar surface area (TPSA) is 83.1 Å². The molecule has 1 heterocycles. The highest BCUT2D eigenvalue weighted by atomic mass is 32.2. The molecule has 6 nitrogen and oxygen atoms in total. The molecule has 158 valence electrons. The molecule has 1 saturated heterocycles. The molecule has 7 heteroatoms. The Hall–Kier alpha value is -1.96. The van der Waals surface area contributed by atoms with E-state index in [1.807, 2.05) is 24.3 Å². The zero-order valence-corrected chi connectivity index (χ0v) is 18.7. The monoisotopic (exact) mass is 418 g/mol. The van der Waals surface area contributed by atoms with Gasteiger partial charge in [-0.3, -0.25) is 4.79 Å². The normalized spacial score (nSPS) is 19.4. The van der Waals surface area contributed by atoms with Crippen LogP contribution in [0.25, 0.3) is 10.8 Å². The lowest BCUT2D eigenvalue weighted by atomic mass is 9.79. The van der Waals surface area contributed by atoms with Gasteiger partial charge in [-0.25, -0.2) is 8.42 Å². The largest absolute Gasteiger partial charge is 0.352 e. The molecule has 1 amide bonds. The molecule has 1 fully saturated rings. The lowest BCUT2D eigenvalue weighted by Crippen LogP contribution is -3.06. The molecule has 29 heavy (non-hydrogen) atoms. The molecule has 0 aliphatic carbocycles. The number of nitrogens with two attached hydrogens (primary N) is 1. The first-order valence-electron chi connectivity index (χ1n) is 10.00. The Morgan fingerprint density at radius 3 is 2.28 bits per heavy atom. The maximum Gasteiger partial charge on any atom is 0.243 e. The van der Waals surface area contributed by atoms with Gasteiger partial charge in [0.15, 0.2) is 0 Å². The number of nitrogens with zero attached hydrogens (tertiary/aromatic N) is 1. The SMILES string of the molecule is CN(CC(=O)NC1CC(C)(C)[NH2+]C(C)(C)C1)S(=O)(=O)c1ccc2ccccc2c1. The molecule has 1 aliphatic heterocycles. The van der Waals surface area contributed by atoms with Crippen LogP contribution in [0.1, 0.15) is 40.5 Å². The van der Waals surface area contributed by atoms with E-state index in [1.165, 1.54) is 7.05 Å². The van der Waals surface area contributed by atoms with Crippen LogP contribution in [0.5, 0.6) is 0 Å². The molecule has 0 unspecified atom stereocenters. The van der Waals surface area contributed by atoms with E-state index in [9.17, 15) is 13.2 Å². The van der Waals surface area contributed by atoms with Crippen molar-refractivity contribution >= 4 is 26.7 Å². The first kappa shape index (κ1) is 21.7. The number of nitrogens with one attached hydrogen (secondary N) is 1. The van der Waals surface area contributed by atoms with E-state index in [0.29, 0.717) is 0 Å². The Labute approximate surface area is 173 Å². The standard InChI is InChI=1S/C22H31N3O3S/c1-21(2)13-18(14-22(3,4)24-21)23-20(26)15-25(5)29(27,28)19-11-10-16-8-6-7-9-17(16)12-19/h6-12,18,24H,13-15H2,1-5H3,(H,23,26)/p+1. The van der Waals surface area contributed by atoms with Gasteiger partial charge in [-0.1, -0.05) is 30.3 Å². The van der Waals surface area contributed by atoms with E-state index in [1.54, 1.807) is 18.2 Å². The summed E-state index contributed by atoms with van der Waals surface area (Å²) in [6.07, 6.45) is 1.70. The zero-order chi connectivity index (χ0) is 21.4. The Bertz CT molecular complexity index is 999. The van der Waals surface area contributed by atoms with Crippen LogP contribution in [0.15, 0.2) is 47.4 Å². The number of rotatable bonds is 5. The average molecular weight is 419 g/mol. The van der Waals surface area contributed by atoms with E-state index in [0.717, 1.165) is 27.9 Å². The van der Waals surface area contributed by atoms with Gasteiger partial charge in [0.1, 0.15) is 0 Å². The molecule has 0 radical (unpaired) electrons. The molecule has 2 aromatic rings. The van der Waals surface area contributed by atoms with Crippen LogP contribution in [-0.2, 0) is 14.8 Å². The molecule has 3 N–H and O–H groups in total. The van der Waals surface area contributed by atoms with Crippen molar-refractivity contribution in [2.75, 3.05) is 13.6 Å². The highest BCUT2D eigenvalue weighted by Crippen LogP contribution is 2.23. The Morgan fingerprint density at radius 1 is 1.07 bits per heavy atom. The van der Waals surface area contributed by atoms with Crippen LogP contribution in [0.2, 0.25) is 0 Å². The van der Waals surface area contributed by atoms with Gasteiger partial charge in [0.25, 0.3) is 0 Å². The molecular weight excluding hydrogens is 386 g/mol. The van der Waals surface area contributed by atoms with Crippen molar-refractivity contribution in [1.82, 2.24) is 9.62 Å². The minimum absolute atomic E-state index is 0.0305. The van der Waals surface area contributed by atoms with Crippen LogP contribution in [-0.4, -0.2) is 49.3 Å². The molecule has 3 rings (SSSR count). The van der Waals surface area contributed by atoms with Crippen molar-refractivity contribution in [2.45, 2.75) is 62.6 Å². The summed E-state index contributed by atoms with van der Waals surface area (Å²) < 4.78 is 27.0. The van der Waals surface area contributed by atoms with Crippen LogP contribution < -0.4 is 10.6 Å². The van der Waals surface area contributed by atoms with E-state index >= 15 is 0 Å². The summed E-state index contributed by atoms with van der Waals surface area (Å²) in [5.74, 6) is -0.268. The first-order valence-corrected chi connectivity index (χ1v) is 11.4. The van der Waals surface area contributed by atoms with E-state index < -0.39 is 10.0 Å². The molecule has 0 saturated carbocycles. The maximum absolute atomic E-state index is 13.0. The third-order valence-corrected chi connectivity index (χ3v) is 7.29. The summed E-state index contributed by atoms with van der Waals surface area (Å²) in [5, 5.41) is 7.23. The number of hydrogen-bond donors (Lipinski definition) is 2. The van der Waals surface area contributed by atoms with Crippen LogP contribution in [0.4, 0.5) is 0 Å². The highest BCUT2D eigenvalue weighted by Gasteiger charge is 2.42. The fourth-order valence-electron chi connectivity index (χ4n) is 4.69. The second-order valence-corrected chi connectivity index (χ2v) is 11.6. The molecule has 1 aliphatic rings. The van der Waals surface area contributed by atoms with Crippen molar-refractivity contribution in [3.8, 4) is 0 Å². The van der Waals surface area contributed by atoms with Crippen molar-refractivity contribution in [3.63, 3.8) is 0 Å². The molecule has 0 atom stereocenters. The number of amides is 1. The number of sulfonamides is 1. The van der Waals surface area contributed by atoms with Crippen molar-refractivity contribution in [2.24, 2.45) is 0 Å². The zero-order valence-electron chi connectivity index (χ0n) is 17.9. The Balaban J connectivity index is 1.69. The number of likely N-dealkylation sites (N-methyl/N-ethyl adjacent to an activating group) is 1. The fraction of sp³-hybridized carbons (Fsp3) is 0.500. The van der Waals surface area contributed by atoms with Crippen molar-refractivity contribution in [1.29, 1.82) is 0 Å².